The summed E-state index contributed by atoms with van der Waals surface area (Å²) in [5.74, 6) is -12.8. The predicted molar refractivity (Wildman–Crippen MR) is 149 cm³/mol. The summed E-state index contributed by atoms with van der Waals surface area (Å²) in [4.78, 5) is -2.38. The van der Waals surface area contributed by atoms with Crippen LogP contribution in [0.1, 0.15) is 122 Å². The third-order valence-electron chi connectivity index (χ3n) is 7.01. The highest BCUT2D eigenvalue weighted by atomic mass is 32.2. The SMILES string of the molecule is CCCCCCCCCCCCCCCCCCCCn1cc[n+](C)c1.O=S(=O)([O-])c1c(F)c(F)c(F)c(F)c1F. The molecule has 0 saturated heterocycles. The van der Waals surface area contributed by atoms with Gasteiger partial charge in [-0.15, -0.1) is 0 Å². The van der Waals surface area contributed by atoms with E-state index in [9.17, 15) is 34.9 Å². The lowest BCUT2D eigenvalue weighted by Crippen LogP contribution is -2.23. The van der Waals surface area contributed by atoms with Crippen molar-refractivity contribution in [2.75, 3.05) is 0 Å². The number of benzene rings is 1. The van der Waals surface area contributed by atoms with Gasteiger partial charge in [-0.05, 0) is 12.8 Å². The fourth-order valence-corrected chi connectivity index (χ4v) is 5.25. The molecule has 0 radical (unpaired) electrons. The summed E-state index contributed by atoms with van der Waals surface area (Å²) in [5, 5.41) is 0. The highest BCUT2D eigenvalue weighted by Crippen LogP contribution is 2.26. The second-order valence-corrected chi connectivity index (χ2v) is 12.0. The zero-order valence-corrected chi connectivity index (χ0v) is 25.4. The van der Waals surface area contributed by atoms with E-state index >= 15 is 0 Å². The first-order valence-electron chi connectivity index (χ1n) is 15.0. The highest BCUT2D eigenvalue weighted by Gasteiger charge is 2.28. The third kappa shape index (κ3) is 15.2. The normalized spacial score (nSPS) is 11.5. The number of aryl methyl sites for hydroxylation is 2. The standard InChI is InChI=1S/C24H47N2.C6HF5O3S/c1-3-4-5-6-7-8-9-10-11-12-13-14-15-16-17-18-19-20-21-26-23-22-25(2)24-26;7-1-2(8)4(10)6(15(12,13)14)5(11)3(1)9/h22-24H,3-21H2,1-2H3;(H,12,13,14)/q+1;/p-1. The average Bonchev–Trinajstić information content (AvgIpc) is 3.34. The second kappa shape index (κ2) is 20.8. The molecule has 0 aliphatic rings. The van der Waals surface area contributed by atoms with E-state index in [0.29, 0.717) is 0 Å². The van der Waals surface area contributed by atoms with Gasteiger partial charge in [-0.1, -0.05) is 110 Å². The van der Waals surface area contributed by atoms with Crippen LogP contribution in [0.4, 0.5) is 22.0 Å². The van der Waals surface area contributed by atoms with Crippen LogP contribution in [-0.4, -0.2) is 17.5 Å². The first-order valence-corrected chi connectivity index (χ1v) is 16.4. The number of unbranched alkanes of at least 4 members (excludes halogenated alkanes) is 17. The summed E-state index contributed by atoms with van der Waals surface area (Å²) in [5.41, 5.74) is 0. The Bertz CT molecular complexity index is 1080. The van der Waals surface area contributed by atoms with Crippen LogP contribution in [-0.2, 0) is 23.7 Å². The van der Waals surface area contributed by atoms with Crippen molar-refractivity contribution in [2.45, 2.75) is 134 Å². The average molecular weight is 611 g/mol. The third-order valence-corrected chi connectivity index (χ3v) is 7.87. The van der Waals surface area contributed by atoms with Crippen LogP contribution in [0.3, 0.4) is 0 Å². The van der Waals surface area contributed by atoms with Gasteiger partial charge in [-0.25, -0.2) is 39.5 Å². The molecule has 0 aliphatic carbocycles. The van der Waals surface area contributed by atoms with Crippen LogP contribution < -0.4 is 4.57 Å². The van der Waals surface area contributed by atoms with E-state index in [1.165, 1.54) is 122 Å². The molecule has 0 spiro atoms. The van der Waals surface area contributed by atoms with Crippen molar-refractivity contribution < 1.29 is 39.5 Å². The van der Waals surface area contributed by atoms with Crippen LogP contribution in [0.5, 0.6) is 0 Å². The molecule has 0 fully saturated rings. The molecular weight excluding hydrogens is 563 g/mol. The van der Waals surface area contributed by atoms with Crippen molar-refractivity contribution >= 4 is 10.1 Å². The Morgan fingerprint density at radius 1 is 0.634 bits per heavy atom. The molecule has 236 valence electrons. The van der Waals surface area contributed by atoms with Gasteiger partial charge < -0.3 is 4.55 Å². The summed E-state index contributed by atoms with van der Waals surface area (Å²) in [6, 6.07) is 0. The summed E-state index contributed by atoms with van der Waals surface area (Å²) in [6.45, 7) is 3.48. The van der Waals surface area contributed by atoms with Gasteiger partial charge in [0.05, 0.1) is 13.6 Å². The van der Waals surface area contributed by atoms with Gasteiger partial charge >= 0.3 is 0 Å². The molecule has 1 heterocycles. The number of aromatic nitrogens is 2. The second-order valence-electron chi connectivity index (χ2n) is 10.7. The van der Waals surface area contributed by atoms with Gasteiger partial charge in [-0.3, -0.25) is 0 Å². The molecule has 11 heteroatoms. The van der Waals surface area contributed by atoms with Crippen LogP contribution >= 0.6 is 0 Å². The predicted octanol–water partition coefficient (Wildman–Crippen LogP) is 8.64. The summed E-state index contributed by atoms with van der Waals surface area (Å²) in [7, 11) is -3.68. The van der Waals surface area contributed by atoms with Gasteiger partial charge in [0.25, 0.3) is 0 Å². The number of hydrogen-bond acceptors (Lipinski definition) is 3. The zero-order valence-electron chi connectivity index (χ0n) is 24.6. The van der Waals surface area contributed by atoms with E-state index in [0.717, 1.165) is 0 Å². The zero-order chi connectivity index (χ0) is 30.7. The minimum absolute atomic E-state index is 1.18. The summed E-state index contributed by atoms with van der Waals surface area (Å²) >= 11 is 0. The van der Waals surface area contributed by atoms with E-state index < -0.39 is 44.1 Å². The monoisotopic (exact) mass is 610 g/mol. The maximum Gasteiger partial charge on any atom is 0.243 e. The largest absolute Gasteiger partial charge is 0.744 e. The van der Waals surface area contributed by atoms with E-state index in [1.54, 1.807) is 0 Å². The number of halogens is 5. The molecule has 0 atom stereocenters. The Morgan fingerprint density at radius 2 is 0.976 bits per heavy atom. The van der Waals surface area contributed by atoms with Crippen molar-refractivity contribution in [3.05, 3.63) is 47.8 Å². The molecule has 2 rings (SSSR count). The minimum Gasteiger partial charge on any atom is -0.744 e. The topological polar surface area (TPSA) is 66.0 Å². The van der Waals surface area contributed by atoms with Gasteiger partial charge in [0.15, 0.2) is 23.3 Å². The Kier molecular flexibility index (Phi) is 18.8. The van der Waals surface area contributed by atoms with Crippen LogP contribution in [0.15, 0.2) is 23.6 Å². The minimum atomic E-state index is -5.77. The van der Waals surface area contributed by atoms with E-state index in [1.807, 2.05) is 0 Å². The molecule has 0 unspecified atom stereocenters. The highest BCUT2D eigenvalue weighted by molar-refractivity contribution is 7.85. The van der Waals surface area contributed by atoms with Crippen LogP contribution in [0, 0.1) is 29.1 Å². The van der Waals surface area contributed by atoms with E-state index in [-0.39, 0.29) is 0 Å². The molecule has 1 aromatic heterocycles. The lowest BCUT2D eigenvalue weighted by atomic mass is 10.0. The van der Waals surface area contributed by atoms with E-state index in [4.69, 9.17) is 0 Å². The maximum absolute atomic E-state index is 12.6. The fraction of sp³-hybridized carbons (Fsp3) is 0.700. The number of rotatable bonds is 20. The molecule has 0 saturated carbocycles. The smallest absolute Gasteiger partial charge is 0.243 e. The molecule has 0 N–H and O–H groups in total. The lowest BCUT2D eigenvalue weighted by molar-refractivity contribution is -0.671. The van der Waals surface area contributed by atoms with Crippen LogP contribution in [0.2, 0.25) is 0 Å². The Morgan fingerprint density at radius 3 is 1.29 bits per heavy atom. The number of nitrogens with zero attached hydrogens (tertiary/aromatic N) is 2. The molecule has 0 bridgehead atoms. The van der Waals surface area contributed by atoms with Gasteiger partial charge in [0.1, 0.15) is 27.4 Å². The van der Waals surface area contributed by atoms with Crippen molar-refractivity contribution in [3.8, 4) is 0 Å². The lowest BCUT2D eigenvalue weighted by Gasteiger charge is -2.10. The molecule has 41 heavy (non-hydrogen) atoms. The van der Waals surface area contributed by atoms with Crippen molar-refractivity contribution in [1.29, 1.82) is 0 Å². The fourth-order valence-electron chi connectivity index (χ4n) is 4.63. The Balaban J connectivity index is 0.000000474. The first kappa shape index (κ1) is 37.0. The van der Waals surface area contributed by atoms with Gasteiger partial charge in [-0.2, -0.15) is 0 Å². The van der Waals surface area contributed by atoms with E-state index in [2.05, 4.69) is 41.8 Å². The molecule has 5 nitrogen and oxygen atoms in total. The summed E-state index contributed by atoms with van der Waals surface area (Å²) < 4.78 is 97.3. The van der Waals surface area contributed by atoms with Gasteiger partial charge in [0, 0.05) is 0 Å². The molecule has 0 aliphatic heterocycles. The molecule has 0 amide bonds. The first-order chi connectivity index (χ1) is 19.5. The molecule has 1 aromatic carbocycles. The Hall–Kier alpha value is -2.01. The van der Waals surface area contributed by atoms with Crippen molar-refractivity contribution in [2.24, 2.45) is 7.05 Å². The summed E-state index contributed by atoms with van der Waals surface area (Å²) in [6.07, 6.45) is 32.5. The van der Waals surface area contributed by atoms with Crippen molar-refractivity contribution in [3.63, 3.8) is 0 Å². The Labute approximate surface area is 242 Å². The number of imidazole rings is 1. The number of hydrogen-bond donors (Lipinski definition) is 0. The van der Waals surface area contributed by atoms with Crippen molar-refractivity contribution in [1.82, 2.24) is 4.57 Å². The molecule has 2 aromatic rings. The van der Waals surface area contributed by atoms with Gasteiger partial charge in [0.2, 0.25) is 12.1 Å². The van der Waals surface area contributed by atoms with Crippen LogP contribution in [0.25, 0.3) is 0 Å². The maximum atomic E-state index is 12.6. The molecular formula is C30H47F5N2O3S. The quantitative estimate of drug-likeness (QED) is 0.0376.